The zero-order valence-electron chi connectivity index (χ0n) is 10.4. The van der Waals surface area contributed by atoms with Gasteiger partial charge in [0.1, 0.15) is 6.10 Å². The molecule has 0 bridgehead atoms. The predicted molar refractivity (Wildman–Crippen MR) is 69.6 cm³/mol. The van der Waals surface area contributed by atoms with Gasteiger partial charge in [0.2, 0.25) is 0 Å². The van der Waals surface area contributed by atoms with Crippen molar-refractivity contribution in [3.8, 4) is 0 Å². The Hall–Kier alpha value is -2.89. The first-order chi connectivity index (χ1) is 9.42. The summed E-state index contributed by atoms with van der Waals surface area (Å²) in [6, 6.07) is 3.88. The topological polar surface area (TPSA) is 101 Å². The zero-order chi connectivity index (χ0) is 15.3. The van der Waals surface area contributed by atoms with Crippen molar-refractivity contribution in [3.63, 3.8) is 0 Å². The maximum Gasteiger partial charge on any atom is 0.337 e. The second-order valence-corrected chi connectivity index (χ2v) is 3.68. The molecule has 20 heavy (non-hydrogen) atoms. The number of carboxylic acid groups (broad SMARTS) is 2. The van der Waals surface area contributed by atoms with E-state index in [0.717, 1.165) is 12.1 Å². The smallest absolute Gasteiger partial charge is 0.337 e. The van der Waals surface area contributed by atoms with Crippen molar-refractivity contribution in [2.24, 2.45) is 0 Å². The molecule has 2 N–H and O–H groups in total. The third-order valence-corrected chi connectivity index (χ3v) is 2.47. The summed E-state index contributed by atoms with van der Waals surface area (Å²) in [6.07, 6.45) is 1.04. The fourth-order valence-electron chi connectivity index (χ4n) is 1.64. The van der Waals surface area contributed by atoms with Crippen LogP contribution in [0.3, 0.4) is 0 Å². The third kappa shape index (κ3) is 3.11. The number of esters is 1. The molecule has 0 saturated heterocycles. The van der Waals surface area contributed by atoms with Crippen molar-refractivity contribution >= 4 is 17.9 Å². The molecule has 0 aliphatic rings. The summed E-state index contributed by atoms with van der Waals surface area (Å²) < 4.78 is 4.93. The van der Waals surface area contributed by atoms with Crippen LogP contribution in [0.1, 0.15) is 32.4 Å². The van der Waals surface area contributed by atoms with Crippen LogP contribution >= 0.6 is 0 Å². The molecule has 6 heteroatoms. The van der Waals surface area contributed by atoms with E-state index in [-0.39, 0.29) is 5.56 Å². The second kappa shape index (κ2) is 6.33. The summed E-state index contributed by atoms with van der Waals surface area (Å²) >= 11 is 0. The highest BCUT2D eigenvalue weighted by Gasteiger charge is 2.25. The Labute approximate surface area is 114 Å². The van der Waals surface area contributed by atoms with E-state index in [1.54, 1.807) is 0 Å². The quantitative estimate of drug-likeness (QED) is 0.468. The summed E-state index contributed by atoms with van der Waals surface area (Å²) in [5.74, 6) is -3.59. The molecule has 1 unspecified atom stereocenters. The third-order valence-electron chi connectivity index (χ3n) is 2.47. The maximum absolute atomic E-state index is 11.3. The molecular formula is C14H12O6. The van der Waals surface area contributed by atoms with Crippen molar-refractivity contribution in [2.45, 2.75) is 6.10 Å². The number of carbonyl (C=O) groups excluding carboxylic acids is 1. The first-order valence-electron chi connectivity index (χ1n) is 5.47. The fourth-order valence-corrected chi connectivity index (χ4v) is 1.64. The summed E-state index contributed by atoms with van der Waals surface area (Å²) in [5.41, 5.74) is -0.805. The van der Waals surface area contributed by atoms with Crippen LogP contribution in [0.2, 0.25) is 0 Å². The molecule has 0 heterocycles. The lowest BCUT2D eigenvalue weighted by Crippen LogP contribution is -2.16. The van der Waals surface area contributed by atoms with Gasteiger partial charge in [-0.1, -0.05) is 25.3 Å². The largest absolute Gasteiger partial charge is 0.478 e. The Balaban J connectivity index is 3.42. The van der Waals surface area contributed by atoms with Crippen LogP contribution in [-0.4, -0.2) is 28.1 Å². The van der Waals surface area contributed by atoms with E-state index >= 15 is 0 Å². The highest BCUT2D eigenvalue weighted by atomic mass is 16.5. The number of hydrogen-bond donors (Lipinski definition) is 2. The number of hydrogen-bond acceptors (Lipinski definition) is 4. The molecule has 0 saturated carbocycles. The molecule has 0 aromatic heterocycles. The molecule has 0 aliphatic carbocycles. The van der Waals surface area contributed by atoms with Crippen LogP contribution in [0.4, 0.5) is 0 Å². The van der Waals surface area contributed by atoms with Crippen LogP contribution in [-0.2, 0) is 9.53 Å². The first kappa shape index (κ1) is 15.2. The Bertz CT molecular complexity index is 587. The molecule has 1 atom stereocenters. The van der Waals surface area contributed by atoms with Gasteiger partial charge >= 0.3 is 17.9 Å². The molecule has 0 aliphatic heterocycles. The van der Waals surface area contributed by atoms with E-state index in [1.807, 2.05) is 0 Å². The number of rotatable bonds is 6. The number of benzene rings is 1. The van der Waals surface area contributed by atoms with Crippen molar-refractivity contribution < 1.29 is 29.3 Å². The summed E-state index contributed by atoms with van der Waals surface area (Å²) in [7, 11) is 0. The molecular weight excluding hydrogens is 264 g/mol. The van der Waals surface area contributed by atoms with Gasteiger partial charge in [-0.2, -0.15) is 0 Å². The van der Waals surface area contributed by atoms with E-state index in [9.17, 15) is 19.5 Å². The average molecular weight is 276 g/mol. The van der Waals surface area contributed by atoms with Gasteiger partial charge in [0.25, 0.3) is 0 Å². The minimum absolute atomic E-state index is 0.0302. The molecule has 0 radical (unpaired) electrons. The predicted octanol–water partition coefficient (Wildman–Crippen LogP) is 2.04. The Kier molecular flexibility index (Phi) is 4.80. The zero-order valence-corrected chi connectivity index (χ0v) is 10.4. The molecule has 104 valence electrons. The number of carbonyl (C=O) groups is 3. The number of aromatic carboxylic acids is 2. The van der Waals surface area contributed by atoms with Gasteiger partial charge in [-0.05, 0) is 12.1 Å². The van der Waals surface area contributed by atoms with E-state index in [1.165, 1.54) is 18.2 Å². The molecule has 1 aromatic carbocycles. The fraction of sp³-hybridized carbons (Fsp3) is 0.0714. The minimum atomic E-state index is -1.43. The SMILES string of the molecule is C=CC(=O)OC(C=C)c1cccc(C(=O)O)c1C(=O)O. The monoisotopic (exact) mass is 276 g/mol. The van der Waals surface area contributed by atoms with Crippen molar-refractivity contribution in [1.82, 2.24) is 0 Å². The minimum Gasteiger partial charge on any atom is -0.478 e. The second-order valence-electron chi connectivity index (χ2n) is 3.68. The highest BCUT2D eigenvalue weighted by Crippen LogP contribution is 2.26. The number of carboxylic acids is 2. The molecule has 0 amide bonds. The van der Waals surface area contributed by atoms with E-state index in [0.29, 0.717) is 0 Å². The van der Waals surface area contributed by atoms with Crippen LogP contribution < -0.4 is 0 Å². The lowest BCUT2D eigenvalue weighted by Gasteiger charge is -2.16. The summed E-state index contributed by atoms with van der Waals surface area (Å²) in [4.78, 5) is 33.5. The Morgan fingerprint density at radius 1 is 1.15 bits per heavy atom. The van der Waals surface area contributed by atoms with E-state index in [2.05, 4.69) is 13.2 Å². The van der Waals surface area contributed by atoms with E-state index in [4.69, 9.17) is 9.84 Å². The maximum atomic E-state index is 11.3. The molecule has 1 rings (SSSR count). The van der Waals surface area contributed by atoms with Gasteiger partial charge in [-0.15, -0.1) is 0 Å². The van der Waals surface area contributed by atoms with Crippen LogP contribution in [0.5, 0.6) is 0 Å². The van der Waals surface area contributed by atoms with E-state index < -0.39 is 35.1 Å². The van der Waals surface area contributed by atoms with Crippen molar-refractivity contribution in [2.75, 3.05) is 0 Å². The Morgan fingerprint density at radius 3 is 2.25 bits per heavy atom. The first-order valence-corrected chi connectivity index (χ1v) is 5.47. The van der Waals surface area contributed by atoms with Gasteiger partial charge < -0.3 is 14.9 Å². The number of ether oxygens (including phenoxy) is 1. The molecule has 0 spiro atoms. The Morgan fingerprint density at radius 2 is 1.80 bits per heavy atom. The van der Waals surface area contributed by atoms with Crippen molar-refractivity contribution in [3.05, 3.63) is 60.2 Å². The van der Waals surface area contributed by atoms with Gasteiger partial charge in [0, 0.05) is 11.6 Å². The lowest BCUT2D eigenvalue weighted by atomic mass is 9.97. The normalized spacial score (nSPS) is 11.2. The average Bonchev–Trinajstić information content (AvgIpc) is 2.43. The summed E-state index contributed by atoms with van der Waals surface area (Å²) in [6.45, 7) is 6.67. The van der Waals surface area contributed by atoms with Crippen LogP contribution in [0.25, 0.3) is 0 Å². The standard InChI is InChI=1S/C14H12O6/c1-3-10(20-11(15)4-2)8-6-5-7-9(13(16)17)12(8)14(18)19/h3-7,10H,1-2H2,(H,16,17)(H,18,19). The molecule has 0 fully saturated rings. The molecule has 6 nitrogen and oxygen atoms in total. The van der Waals surface area contributed by atoms with Gasteiger partial charge in [0.05, 0.1) is 11.1 Å². The lowest BCUT2D eigenvalue weighted by molar-refractivity contribution is -0.141. The van der Waals surface area contributed by atoms with Crippen molar-refractivity contribution in [1.29, 1.82) is 0 Å². The highest BCUT2D eigenvalue weighted by molar-refractivity contribution is 6.03. The summed E-state index contributed by atoms with van der Waals surface area (Å²) in [5, 5.41) is 18.2. The van der Waals surface area contributed by atoms with Gasteiger partial charge in [-0.3, -0.25) is 0 Å². The van der Waals surface area contributed by atoms with Crippen LogP contribution in [0.15, 0.2) is 43.5 Å². The van der Waals surface area contributed by atoms with Gasteiger partial charge in [0.15, 0.2) is 0 Å². The molecule has 1 aromatic rings. The van der Waals surface area contributed by atoms with Gasteiger partial charge in [-0.25, -0.2) is 14.4 Å². The van der Waals surface area contributed by atoms with Crippen LogP contribution in [0, 0.1) is 0 Å².